The van der Waals surface area contributed by atoms with Gasteiger partial charge in [-0.3, -0.25) is 4.18 Å². The number of alkyl carbamates (subject to hydrolysis) is 1. The molecule has 0 aromatic heterocycles. The van der Waals surface area contributed by atoms with E-state index in [-0.39, 0.29) is 18.1 Å². The molecule has 3 aromatic carbocycles. The zero-order valence-corrected chi connectivity index (χ0v) is 18.0. The maximum absolute atomic E-state index is 12.5. The third-order valence-electron chi connectivity index (χ3n) is 4.59. The molecule has 1 N–H and O–H groups in total. The molecule has 1 atom stereocenters. The van der Waals surface area contributed by atoms with E-state index in [0.29, 0.717) is 6.42 Å². The molecular formula is C24H25NO5S. The number of ether oxygens (including phenoxy) is 1. The molecule has 3 rings (SSSR count). The zero-order valence-electron chi connectivity index (χ0n) is 17.2. The van der Waals surface area contributed by atoms with Gasteiger partial charge < -0.3 is 10.1 Å². The van der Waals surface area contributed by atoms with E-state index >= 15 is 0 Å². The first kappa shape index (κ1) is 22.5. The molecule has 0 radical (unpaired) electrons. The molecule has 0 saturated heterocycles. The second kappa shape index (κ2) is 10.7. The fraction of sp³-hybridized carbons (Fsp3) is 0.208. The first-order chi connectivity index (χ1) is 14.9. The number of nitrogens with one attached hydrogen (secondary N) is 1. The van der Waals surface area contributed by atoms with Crippen LogP contribution in [0.2, 0.25) is 0 Å². The lowest BCUT2D eigenvalue weighted by Gasteiger charge is -2.19. The molecule has 1 amide bonds. The summed E-state index contributed by atoms with van der Waals surface area (Å²) < 4.78 is 35.6. The summed E-state index contributed by atoms with van der Waals surface area (Å²) >= 11 is 0. The van der Waals surface area contributed by atoms with Crippen LogP contribution in [0.3, 0.4) is 0 Å². The van der Waals surface area contributed by atoms with Crippen LogP contribution in [-0.4, -0.2) is 27.2 Å². The highest BCUT2D eigenvalue weighted by Gasteiger charge is 2.21. The number of hydrogen-bond donors (Lipinski definition) is 1. The number of aryl methyl sites for hydroxylation is 1. The summed E-state index contributed by atoms with van der Waals surface area (Å²) in [5.41, 5.74) is 2.74. The number of amides is 1. The Labute approximate surface area is 183 Å². The van der Waals surface area contributed by atoms with Crippen molar-refractivity contribution in [3.8, 4) is 0 Å². The highest BCUT2D eigenvalue weighted by molar-refractivity contribution is 7.86. The minimum absolute atomic E-state index is 0.0724. The number of benzene rings is 3. The summed E-state index contributed by atoms with van der Waals surface area (Å²) in [6.07, 6.45) is -0.244. The zero-order chi connectivity index (χ0) is 22.1. The van der Waals surface area contributed by atoms with Crippen LogP contribution in [0.1, 0.15) is 16.7 Å². The molecule has 0 aliphatic rings. The summed E-state index contributed by atoms with van der Waals surface area (Å²) in [6.45, 7) is 1.77. The van der Waals surface area contributed by atoms with E-state index in [4.69, 9.17) is 8.92 Å². The van der Waals surface area contributed by atoms with Crippen LogP contribution in [0.5, 0.6) is 0 Å². The second-order valence-corrected chi connectivity index (χ2v) is 8.76. The number of rotatable bonds is 9. The topological polar surface area (TPSA) is 81.7 Å². The Morgan fingerprint density at radius 1 is 0.871 bits per heavy atom. The summed E-state index contributed by atoms with van der Waals surface area (Å²) in [5, 5.41) is 2.72. The molecule has 7 heteroatoms. The third kappa shape index (κ3) is 7.24. The molecular weight excluding hydrogens is 414 g/mol. The van der Waals surface area contributed by atoms with E-state index in [9.17, 15) is 13.2 Å². The van der Waals surface area contributed by atoms with Gasteiger partial charge in [-0.2, -0.15) is 8.42 Å². The molecule has 0 heterocycles. The molecule has 0 saturated carbocycles. The first-order valence-electron chi connectivity index (χ1n) is 9.89. The molecule has 31 heavy (non-hydrogen) atoms. The van der Waals surface area contributed by atoms with Crippen molar-refractivity contribution in [1.29, 1.82) is 0 Å². The Hall–Kier alpha value is -3.16. The van der Waals surface area contributed by atoms with Crippen molar-refractivity contribution >= 4 is 16.2 Å². The summed E-state index contributed by atoms with van der Waals surface area (Å²) in [6, 6.07) is 24.6. The highest BCUT2D eigenvalue weighted by Crippen LogP contribution is 2.14. The summed E-state index contributed by atoms with van der Waals surface area (Å²) in [7, 11) is -3.95. The molecule has 162 valence electrons. The molecule has 0 bridgehead atoms. The smallest absolute Gasteiger partial charge is 0.407 e. The van der Waals surface area contributed by atoms with Crippen LogP contribution in [0.25, 0.3) is 0 Å². The summed E-state index contributed by atoms with van der Waals surface area (Å²) in [4.78, 5) is 12.4. The number of carbonyl (C=O) groups excluding carboxylic acids is 1. The van der Waals surface area contributed by atoms with E-state index in [1.165, 1.54) is 12.1 Å². The van der Waals surface area contributed by atoms with Gasteiger partial charge in [-0.15, -0.1) is 0 Å². The predicted octanol–water partition coefficient (Wildman–Crippen LogP) is 4.24. The van der Waals surface area contributed by atoms with Crippen LogP contribution in [0.4, 0.5) is 4.79 Å². The van der Waals surface area contributed by atoms with Crippen LogP contribution >= 0.6 is 0 Å². The van der Waals surface area contributed by atoms with Crippen molar-refractivity contribution in [2.75, 3.05) is 6.61 Å². The largest absolute Gasteiger partial charge is 0.445 e. The Balaban J connectivity index is 1.64. The normalized spacial score (nSPS) is 12.2. The predicted molar refractivity (Wildman–Crippen MR) is 118 cm³/mol. The number of hydrogen-bond acceptors (Lipinski definition) is 5. The molecule has 0 unspecified atom stereocenters. The minimum atomic E-state index is -3.95. The van der Waals surface area contributed by atoms with Gasteiger partial charge in [0.25, 0.3) is 10.1 Å². The molecule has 0 spiro atoms. The van der Waals surface area contributed by atoms with Crippen molar-refractivity contribution in [1.82, 2.24) is 5.32 Å². The summed E-state index contributed by atoms with van der Waals surface area (Å²) in [5.74, 6) is 0. The maximum atomic E-state index is 12.5. The van der Waals surface area contributed by atoms with Gasteiger partial charge in [0.2, 0.25) is 0 Å². The van der Waals surface area contributed by atoms with Gasteiger partial charge in [0, 0.05) is 0 Å². The van der Waals surface area contributed by atoms with E-state index < -0.39 is 22.3 Å². The quantitative estimate of drug-likeness (QED) is 0.505. The van der Waals surface area contributed by atoms with Crippen molar-refractivity contribution in [2.24, 2.45) is 0 Å². The Kier molecular flexibility index (Phi) is 7.81. The Morgan fingerprint density at radius 3 is 2.06 bits per heavy atom. The average Bonchev–Trinajstić information content (AvgIpc) is 2.78. The van der Waals surface area contributed by atoms with Gasteiger partial charge in [-0.1, -0.05) is 78.4 Å². The monoisotopic (exact) mass is 439 g/mol. The van der Waals surface area contributed by atoms with Crippen molar-refractivity contribution < 1.29 is 22.1 Å². The molecule has 3 aromatic rings. The van der Waals surface area contributed by atoms with E-state index in [0.717, 1.165) is 16.7 Å². The fourth-order valence-electron chi connectivity index (χ4n) is 2.93. The fourth-order valence-corrected chi connectivity index (χ4v) is 3.88. The van der Waals surface area contributed by atoms with E-state index in [1.54, 1.807) is 12.1 Å². The first-order valence-corrected chi connectivity index (χ1v) is 11.3. The number of carbonyl (C=O) groups is 1. The Bertz CT molecular complexity index is 1070. The van der Waals surface area contributed by atoms with Gasteiger partial charge >= 0.3 is 6.09 Å². The maximum Gasteiger partial charge on any atom is 0.407 e. The molecule has 0 aliphatic heterocycles. The van der Waals surface area contributed by atoms with Crippen LogP contribution in [0, 0.1) is 6.92 Å². The van der Waals surface area contributed by atoms with Crippen LogP contribution < -0.4 is 5.32 Å². The highest BCUT2D eigenvalue weighted by atomic mass is 32.2. The van der Waals surface area contributed by atoms with Gasteiger partial charge in [-0.05, 0) is 36.6 Å². The van der Waals surface area contributed by atoms with E-state index in [2.05, 4.69) is 5.32 Å². The standard InChI is InChI=1S/C24H25NO5S/c1-19-12-14-23(15-13-19)31(27,28)30-18-22(16-20-8-4-2-5-9-20)25-24(26)29-17-21-10-6-3-7-11-21/h2-15,22H,16-18H2,1H3,(H,25,26)/t22-/m0/s1. The molecule has 0 aliphatic carbocycles. The average molecular weight is 440 g/mol. The van der Waals surface area contributed by atoms with Gasteiger partial charge in [0.1, 0.15) is 6.61 Å². The third-order valence-corrected chi connectivity index (χ3v) is 5.89. The van der Waals surface area contributed by atoms with Gasteiger partial charge in [0.05, 0.1) is 17.5 Å². The Morgan fingerprint density at radius 2 is 1.45 bits per heavy atom. The lowest BCUT2D eigenvalue weighted by atomic mass is 10.1. The van der Waals surface area contributed by atoms with Crippen molar-refractivity contribution in [3.63, 3.8) is 0 Å². The van der Waals surface area contributed by atoms with Crippen LogP contribution in [-0.2, 0) is 32.1 Å². The van der Waals surface area contributed by atoms with Gasteiger partial charge in [-0.25, -0.2) is 4.79 Å². The van der Waals surface area contributed by atoms with Crippen LogP contribution in [0.15, 0.2) is 89.8 Å². The second-order valence-electron chi connectivity index (χ2n) is 7.14. The molecule has 6 nitrogen and oxygen atoms in total. The SMILES string of the molecule is Cc1ccc(S(=O)(=O)OC[C@H](Cc2ccccc2)NC(=O)OCc2ccccc2)cc1. The van der Waals surface area contributed by atoms with Crippen molar-refractivity contribution in [2.45, 2.75) is 30.9 Å². The minimum Gasteiger partial charge on any atom is -0.445 e. The van der Waals surface area contributed by atoms with Crippen molar-refractivity contribution in [3.05, 3.63) is 102 Å². The lowest BCUT2D eigenvalue weighted by molar-refractivity contribution is 0.131. The lowest BCUT2D eigenvalue weighted by Crippen LogP contribution is -2.40. The van der Waals surface area contributed by atoms with E-state index in [1.807, 2.05) is 67.6 Å². The van der Waals surface area contributed by atoms with Gasteiger partial charge in [0.15, 0.2) is 0 Å². The molecule has 0 fully saturated rings.